The number of fused-ring (bicyclic) bond motifs is 1. The highest BCUT2D eigenvalue weighted by molar-refractivity contribution is 6.19. The number of aliphatic imine (C=N–C) groups is 1. The van der Waals surface area contributed by atoms with Gasteiger partial charge in [-0.1, -0.05) is 62.4 Å². The van der Waals surface area contributed by atoms with E-state index in [0.717, 1.165) is 0 Å². The van der Waals surface area contributed by atoms with Crippen LogP contribution in [0.4, 0.5) is 28.9 Å². The van der Waals surface area contributed by atoms with E-state index in [1.165, 1.54) is 0 Å². The van der Waals surface area contributed by atoms with Crippen LogP contribution < -0.4 is 16.0 Å². The third-order valence-corrected chi connectivity index (χ3v) is 5.52. The first-order valence-electron chi connectivity index (χ1n) is 11.0. The van der Waals surface area contributed by atoms with Crippen molar-refractivity contribution < 1.29 is 27.2 Å². The van der Waals surface area contributed by atoms with Gasteiger partial charge < -0.3 is 16.0 Å². The Labute approximate surface area is 203 Å². The minimum atomic E-state index is -1.86. The molecule has 3 aromatic rings. The minimum absolute atomic E-state index is 0.430. The molecule has 2 heterocycles. The van der Waals surface area contributed by atoms with Gasteiger partial charge in [0.15, 0.2) is 0 Å². The van der Waals surface area contributed by atoms with Crippen LogP contribution in [-0.2, 0) is 9.59 Å². The molecule has 2 amide bonds. The van der Waals surface area contributed by atoms with Crippen molar-refractivity contribution in [2.45, 2.75) is 26.1 Å². The van der Waals surface area contributed by atoms with Gasteiger partial charge in [-0.15, -0.1) is 0 Å². The molecule has 0 saturated heterocycles. The fourth-order valence-corrected chi connectivity index (χ4v) is 3.71. The molecule has 0 aliphatic carbocycles. The van der Waals surface area contributed by atoms with Crippen LogP contribution in [0.2, 0.25) is 0 Å². The Kier molecular flexibility index (Phi) is 7.00. The smallest absolute Gasteiger partial charge is 0.269 e. The maximum absolute atomic E-state index is 14.2. The number of anilines is 2. The summed E-state index contributed by atoms with van der Waals surface area (Å²) < 4.78 is 55.5. The average molecular weight is 499 g/mol. The molecule has 1 aliphatic rings. The highest BCUT2D eigenvalue weighted by atomic mass is 19.2. The highest BCUT2D eigenvalue weighted by Gasteiger charge is 2.32. The predicted molar refractivity (Wildman–Crippen MR) is 125 cm³/mol. The summed E-state index contributed by atoms with van der Waals surface area (Å²) in [6.07, 6.45) is -1.41. The molecular weight excluding hydrogens is 478 g/mol. The Morgan fingerprint density at radius 3 is 2.19 bits per heavy atom. The van der Waals surface area contributed by atoms with E-state index in [1.807, 2.05) is 6.07 Å². The van der Waals surface area contributed by atoms with Crippen LogP contribution in [0, 0.1) is 29.4 Å². The number of amides is 2. The van der Waals surface area contributed by atoms with Crippen molar-refractivity contribution in [1.82, 2.24) is 10.3 Å². The second-order valence-electron chi connectivity index (χ2n) is 8.35. The van der Waals surface area contributed by atoms with Crippen molar-refractivity contribution in [3.05, 3.63) is 89.3 Å². The molecule has 0 fully saturated rings. The fourth-order valence-electron chi connectivity index (χ4n) is 3.71. The van der Waals surface area contributed by atoms with Crippen molar-refractivity contribution in [2.75, 3.05) is 10.6 Å². The molecule has 11 heteroatoms. The van der Waals surface area contributed by atoms with Gasteiger partial charge in [0.1, 0.15) is 11.7 Å². The lowest BCUT2D eigenvalue weighted by atomic mass is 10.0. The second-order valence-corrected chi connectivity index (χ2v) is 8.35. The first-order chi connectivity index (χ1) is 17.2. The van der Waals surface area contributed by atoms with Crippen LogP contribution in [0.25, 0.3) is 0 Å². The number of pyridine rings is 1. The number of para-hydroxylation sites is 1. The van der Waals surface area contributed by atoms with Crippen LogP contribution in [0.1, 0.15) is 25.0 Å². The molecule has 7 nitrogen and oxygen atoms in total. The number of nitrogens with zero attached hydrogens (tertiary/aromatic N) is 2. The molecule has 0 saturated carbocycles. The Morgan fingerprint density at radius 2 is 1.56 bits per heavy atom. The van der Waals surface area contributed by atoms with Crippen LogP contribution in [0.15, 0.2) is 59.6 Å². The van der Waals surface area contributed by atoms with E-state index < -0.39 is 59.2 Å². The molecule has 186 valence electrons. The van der Waals surface area contributed by atoms with E-state index in [0.29, 0.717) is 22.5 Å². The Morgan fingerprint density at radius 1 is 0.944 bits per heavy atom. The zero-order valence-electron chi connectivity index (χ0n) is 19.2. The molecule has 2 aromatic carbocycles. The van der Waals surface area contributed by atoms with Crippen molar-refractivity contribution in [3.63, 3.8) is 0 Å². The van der Waals surface area contributed by atoms with Crippen molar-refractivity contribution in [1.29, 1.82) is 0 Å². The van der Waals surface area contributed by atoms with Crippen molar-refractivity contribution >= 4 is 28.9 Å². The molecule has 4 rings (SSSR count). The summed E-state index contributed by atoms with van der Waals surface area (Å²) in [6.45, 7) is 3.09. The predicted octanol–water partition coefficient (Wildman–Crippen LogP) is 4.01. The topological polar surface area (TPSA) is 95.5 Å². The molecule has 1 aromatic heterocycles. The van der Waals surface area contributed by atoms with Gasteiger partial charge in [-0.3, -0.25) is 9.59 Å². The molecule has 2 atom stereocenters. The zero-order valence-corrected chi connectivity index (χ0v) is 19.2. The highest BCUT2D eigenvalue weighted by Crippen LogP contribution is 2.26. The summed E-state index contributed by atoms with van der Waals surface area (Å²) in [5.41, 5.74) is 1.04. The fraction of sp³-hybridized carbons (Fsp3) is 0.200. The summed E-state index contributed by atoms with van der Waals surface area (Å²) in [7, 11) is 0. The van der Waals surface area contributed by atoms with E-state index in [1.54, 1.807) is 62.4 Å². The largest absolute Gasteiger partial charge is 0.368 e. The van der Waals surface area contributed by atoms with E-state index in [4.69, 9.17) is 0 Å². The standard InChI is InChI=1S/C25H21F4N5O2/c1-12(2)18(31-20-16(26)21(28)33-22(29)17(20)27)24(35)34-23-25(36)30-15-11-7-6-10-14(15)19(32-23)13-8-4-3-5-9-13/h3-12,18,23H,1-2H3,(H,30,36)(H,31,33)(H,34,35)/t18-,23+/m0/s1. The van der Waals surface area contributed by atoms with Crippen molar-refractivity contribution in [3.8, 4) is 0 Å². The van der Waals surface area contributed by atoms with Gasteiger partial charge in [0.05, 0.1) is 11.4 Å². The molecule has 0 radical (unpaired) electrons. The van der Waals surface area contributed by atoms with E-state index in [2.05, 4.69) is 25.9 Å². The number of hydrogen-bond acceptors (Lipinski definition) is 5. The quantitative estimate of drug-likeness (QED) is 0.353. The molecule has 0 unspecified atom stereocenters. The van der Waals surface area contributed by atoms with Gasteiger partial charge in [0, 0.05) is 11.1 Å². The third kappa shape index (κ3) is 4.90. The number of carbonyl (C=O) groups excluding carboxylic acids is 2. The lowest BCUT2D eigenvalue weighted by Gasteiger charge is -2.25. The second kappa shape index (κ2) is 10.1. The summed E-state index contributed by atoms with van der Waals surface area (Å²) >= 11 is 0. The maximum Gasteiger partial charge on any atom is 0.269 e. The number of rotatable bonds is 6. The molecule has 0 spiro atoms. The zero-order chi connectivity index (χ0) is 26.0. The normalized spacial score (nSPS) is 15.9. The van der Waals surface area contributed by atoms with Gasteiger partial charge in [0.2, 0.25) is 23.7 Å². The lowest BCUT2D eigenvalue weighted by Crippen LogP contribution is -2.50. The SMILES string of the molecule is CC(C)[C@H](Nc1c(F)c(F)nc(F)c1F)C(=O)N[C@H]1N=C(c2ccccc2)c2ccccc2NC1=O. The summed E-state index contributed by atoms with van der Waals surface area (Å²) in [6, 6.07) is 14.6. The van der Waals surface area contributed by atoms with Gasteiger partial charge in [-0.05, 0) is 12.0 Å². The first-order valence-corrected chi connectivity index (χ1v) is 11.0. The van der Waals surface area contributed by atoms with E-state index in [9.17, 15) is 27.2 Å². The maximum atomic E-state index is 14.2. The summed E-state index contributed by atoms with van der Waals surface area (Å²) in [4.78, 5) is 33.1. The molecule has 36 heavy (non-hydrogen) atoms. The molecule has 3 N–H and O–H groups in total. The molecule has 1 aliphatic heterocycles. The van der Waals surface area contributed by atoms with Crippen LogP contribution in [-0.4, -0.2) is 34.7 Å². The van der Waals surface area contributed by atoms with Crippen LogP contribution in [0.3, 0.4) is 0 Å². The Balaban J connectivity index is 1.68. The Hall–Kier alpha value is -4.28. The van der Waals surface area contributed by atoms with Crippen molar-refractivity contribution in [2.24, 2.45) is 10.9 Å². The number of carbonyl (C=O) groups is 2. The van der Waals surface area contributed by atoms with E-state index in [-0.39, 0.29) is 0 Å². The first kappa shape index (κ1) is 24.8. The number of hydrogen-bond donors (Lipinski definition) is 3. The van der Waals surface area contributed by atoms with E-state index >= 15 is 0 Å². The van der Waals surface area contributed by atoms with Crippen LogP contribution in [0.5, 0.6) is 0 Å². The van der Waals surface area contributed by atoms with Crippen LogP contribution >= 0.6 is 0 Å². The number of benzodiazepines with no additional fused rings is 1. The van der Waals surface area contributed by atoms with Gasteiger partial charge in [0.25, 0.3) is 17.8 Å². The number of benzene rings is 2. The number of halogens is 4. The third-order valence-electron chi connectivity index (χ3n) is 5.52. The molecule has 0 bridgehead atoms. The van der Waals surface area contributed by atoms with Gasteiger partial charge in [-0.2, -0.15) is 22.5 Å². The monoisotopic (exact) mass is 499 g/mol. The number of nitrogens with one attached hydrogen (secondary N) is 3. The van der Waals surface area contributed by atoms with Gasteiger partial charge >= 0.3 is 0 Å². The number of aromatic nitrogens is 1. The average Bonchev–Trinajstić information content (AvgIpc) is 2.99. The molecular formula is C25H21F4N5O2. The summed E-state index contributed by atoms with van der Waals surface area (Å²) in [5, 5.41) is 7.39. The Bertz CT molecular complexity index is 1320. The van der Waals surface area contributed by atoms with Gasteiger partial charge in [-0.25, -0.2) is 4.99 Å². The summed E-state index contributed by atoms with van der Waals surface area (Å²) in [5.74, 6) is -9.42. The minimum Gasteiger partial charge on any atom is -0.368 e. The lowest BCUT2D eigenvalue weighted by molar-refractivity contribution is -0.127.